The molecular formula is C20H17F3N6O2. The average molecular weight is 430 g/mol. The van der Waals surface area contributed by atoms with E-state index in [1.165, 1.54) is 13.3 Å². The molecule has 4 rings (SSSR count). The lowest BCUT2D eigenvalue weighted by atomic mass is 10.1. The number of benzene rings is 1. The number of nitrogens with one attached hydrogen (secondary N) is 1. The number of halogens is 3. The second kappa shape index (κ2) is 7.42. The van der Waals surface area contributed by atoms with Gasteiger partial charge in [0.05, 0.1) is 36.6 Å². The zero-order valence-corrected chi connectivity index (χ0v) is 16.7. The lowest BCUT2D eigenvalue weighted by Gasteiger charge is -2.12. The Bertz CT molecular complexity index is 1270. The zero-order valence-electron chi connectivity index (χ0n) is 16.7. The highest BCUT2D eigenvalue weighted by molar-refractivity contribution is 6.08. The van der Waals surface area contributed by atoms with Crippen molar-refractivity contribution in [2.45, 2.75) is 13.1 Å². The first-order chi connectivity index (χ1) is 14.7. The van der Waals surface area contributed by atoms with Crippen molar-refractivity contribution >= 4 is 17.2 Å². The van der Waals surface area contributed by atoms with E-state index >= 15 is 0 Å². The van der Waals surface area contributed by atoms with Crippen molar-refractivity contribution in [3.05, 3.63) is 59.7 Å². The number of ether oxygens (including phenoxy) is 1. The van der Waals surface area contributed by atoms with Crippen molar-refractivity contribution in [3.63, 3.8) is 0 Å². The molecule has 4 aromatic rings. The Morgan fingerprint density at radius 1 is 1.13 bits per heavy atom. The largest absolute Gasteiger partial charge is 0.497 e. The van der Waals surface area contributed by atoms with E-state index in [4.69, 9.17) is 4.74 Å². The number of fused-ring (bicyclic) bond motifs is 1. The number of hydrogen-bond donors (Lipinski definition) is 1. The first kappa shape index (κ1) is 20.4. The predicted molar refractivity (Wildman–Crippen MR) is 106 cm³/mol. The lowest BCUT2D eigenvalue weighted by molar-refractivity contribution is -0.142. The van der Waals surface area contributed by atoms with E-state index in [-0.39, 0.29) is 16.9 Å². The number of amides is 1. The van der Waals surface area contributed by atoms with E-state index in [1.54, 1.807) is 42.9 Å². The third kappa shape index (κ3) is 3.69. The van der Waals surface area contributed by atoms with Gasteiger partial charge in [0.15, 0.2) is 11.3 Å². The van der Waals surface area contributed by atoms with Gasteiger partial charge in [0.25, 0.3) is 5.91 Å². The molecule has 0 saturated heterocycles. The van der Waals surface area contributed by atoms with Crippen molar-refractivity contribution in [2.24, 2.45) is 7.05 Å². The minimum atomic E-state index is -4.71. The maximum atomic E-state index is 13.7. The molecule has 0 aliphatic heterocycles. The third-order valence-corrected chi connectivity index (χ3v) is 4.88. The van der Waals surface area contributed by atoms with Gasteiger partial charge in [-0.1, -0.05) is 0 Å². The van der Waals surface area contributed by atoms with Gasteiger partial charge in [-0.05, 0) is 37.3 Å². The molecule has 3 aromatic heterocycles. The molecule has 0 aliphatic carbocycles. The fourth-order valence-corrected chi connectivity index (χ4v) is 3.05. The van der Waals surface area contributed by atoms with Gasteiger partial charge in [-0.2, -0.15) is 23.4 Å². The number of anilines is 1. The van der Waals surface area contributed by atoms with E-state index < -0.39 is 17.8 Å². The topological polar surface area (TPSA) is 86.3 Å². The summed E-state index contributed by atoms with van der Waals surface area (Å²) in [5.74, 6) is -0.0873. The quantitative estimate of drug-likeness (QED) is 0.533. The molecule has 0 saturated carbocycles. The fraction of sp³-hybridized carbons (Fsp3) is 0.200. The van der Waals surface area contributed by atoms with Crippen LogP contribution in [-0.4, -0.2) is 37.4 Å². The molecule has 11 heteroatoms. The third-order valence-electron chi connectivity index (χ3n) is 4.88. The molecule has 1 aromatic carbocycles. The van der Waals surface area contributed by atoms with Crippen LogP contribution in [0.25, 0.3) is 16.9 Å². The van der Waals surface area contributed by atoms with E-state index in [1.807, 2.05) is 0 Å². The number of hydrogen-bond acceptors (Lipinski definition) is 5. The normalized spacial score (nSPS) is 11.7. The van der Waals surface area contributed by atoms with Crippen molar-refractivity contribution in [3.8, 4) is 17.0 Å². The number of aryl methyl sites for hydroxylation is 1. The highest BCUT2D eigenvalue weighted by Gasteiger charge is 2.36. The molecule has 0 aliphatic rings. The summed E-state index contributed by atoms with van der Waals surface area (Å²) < 4.78 is 48.4. The zero-order chi connectivity index (χ0) is 22.3. The minimum absolute atomic E-state index is 0.0505. The molecular weight excluding hydrogens is 413 g/mol. The summed E-state index contributed by atoms with van der Waals surface area (Å²) in [6.07, 6.45) is -2.19. The molecule has 0 radical (unpaired) electrons. The van der Waals surface area contributed by atoms with Gasteiger partial charge in [-0.15, -0.1) is 0 Å². The van der Waals surface area contributed by atoms with Crippen LogP contribution in [0.15, 0.2) is 42.7 Å². The Balaban J connectivity index is 1.83. The van der Waals surface area contributed by atoms with Crippen molar-refractivity contribution in [1.82, 2.24) is 24.4 Å². The highest BCUT2D eigenvalue weighted by Crippen LogP contribution is 2.33. The number of carbonyl (C=O) groups excluding carboxylic acids is 1. The summed E-state index contributed by atoms with van der Waals surface area (Å²) in [5.41, 5.74) is 0.268. The Labute approximate surface area is 174 Å². The summed E-state index contributed by atoms with van der Waals surface area (Å²) in [5, 5.41) is 10.4. The lowest BCUT2D eigenvalue weighted by Crippen LogP contribution is -2.16. The summed E-state index contributed by atoms with van der Waals surface area (Å²) >= 11 is 0. The first-order valence-corrected chi connectivity index (χ1v) is 9.09. The Hall–Kier alpha value is -3.89. The van der Waals surface area contributed by atoms with Crippen LogP contribution >= 0.6 is 0 Å². The van der Waals surface area contributed by atoms with Gasteiger partial charge in [0.1, 0.15) is 11.3 Å². The second-order valence-electron chi connectivity index (χ2n) is 6.77. The SMILES string of the molecule is COc1ccc(-c2cc(C(F)(F)F)n3ncc(C(=O)Nc4cnn(C)c4C)c3n2)cc1. The summed E-state index contributed by atoms with van der Waals surface area (Å²) in [6.45, 7) is 1.75. The van der Waals surface area contributed by atoms with Crippen LogP contribution in [-0.2, 0) is 13.2 Å². The Kier molecular flexibility index (Phi) is 4.88. The number of alkyl halides is 3. The van der Waals surface area contributed by atoms with E-state index in [2.05, 4.69) is 20.5 Å². The molecule has 8 nitrogen and oxygen atoms in total. The number of carbonyl (C=O) groups is 1. The first-order valence-electron chi connectivity index (χ1n) is 9.09. The average Bonchev–Trinajstić information content (AvgIpc) is 3.31. The molecule has 0 bridgehead atoms. The van der Waals surface area contributed by atoms with Crippen molar-refractivity contribution < 1.29 is 22.7 Å². The van der Waals surface area contributed by atoms with Crippen LogP contribution in [0.3, 0.4) is 0 Å². The van der Waals surface area contributed by atoms with Gasteiger partial charge in [0.2, 0.25) is 0 Å². The minimum Gasteiger partial charge on any atom is -0.497 e. The van der Waals surface area contributed by atoms with Gasteiger partial charge in [0, 0.05) is 12.6 Å². The smallest absolute Gasteiger partial charge is 0.433 e. The molecule has 0 spiro atoms. The number of aromatic nitrogens is 5. The second-order valence-corrected chi connectivity index (χ2v) is 6.77. The number of nitrogens with zero attached hydrogens (tertiary/aromatic N) is 5. The summed E-state index contributed by atoms with van der Waals surface area (Å²) in [7, 11) is 3.20. The summed E-state index contributed by atoms with van der Waals surface area (Å²) in [4.78, 5) is 17.1. The molecule has 0 atom stereocenters. The predicted octanol–water partition coefficient (Wildman–Crippen LogP) is 3.72. The molecule has 0 unspecified atom stereocenters. The molecule has 31 heavy (non-hydrogen) atoms. The number of methoxy groups -OCH3 is 1. The van der Waals surface area contributed by atoms with Crippen LogP contribution in [0.5, 0.6) is 5.75 Å². The van der Waals surface area contributed by atoms with E-state index in [0.29, 0.717) is 27.2 Å². The molecule has 160 valence electrons. The van der Waals surface area contributed by atoms with Crippen LogP contribution in [0.2, 0.25) is 0 Å². The van der Waals surface area contributed by atoms with E-state index in [0.717, 1.165) is 12.3 Å². The van der Waals surface area contributed by atoms with E-state index in [9.17, 15) is 18.0 Å². The van der Waals surface area contributed by atoms with Gasteiger partial charge in [-0.3, -0.25) is 9.48 Å². The Morgan fingerprint density at radius 2 is 1.84 bits per heavy atom. The van der Waals surface area contributed by atoms with Crippen LogP contribution in [0.4, 0.5) is 18.9 Å². The monoisotopic (exact) mass is 430 g/mol. The highest BCUT2D eigenvalue weighted by atomic mass is 19.4. The van der Waals surface area contributed by atoms with Crippen LogP contribution in [0, 0.1) is 6.92 Å². The maximum Gasteiger partial charge on any atom is 0.433 e. The van der Waals surface area contributed by atoms with Crippen molar-refractivity contribution in [1.29, 1.82) is 0 Å². The molecule has 1 N–H and O–H groups in total. The van der Waals surface area contributed by atoms with Crippen molar-refractivity contribution in [2.75, 3.05) is 12.4 Å². The Morgan fingerprint density at radius 3 is 2.42 bits per heavy atom. The van der Waals surface area contributed by atoms with Crippen LogP contribution < -0.4 is 10.1 Å². The van der Waals surface area contributed by atoms with Crippen LogP contribution in [0.1, 0.15) is 21.7 Å². The van der Waals surface area contributed by atoms with Gasteiger partial charge in [-0.25, -0.2) is 9.50 Å². The maximum absolute atomic E-state index is 13.7. The molecule has 1 amide bonds. The molecule has 0 fully saturated rings. The summed E-state index contributed by atoms with van der Waals surface area (Å²) in [6, 6.07) is 7.31. The standard InChI is InChI=1S/C20H17F3N6O2/c1-11-16(10-24-28(11)2)27-19(30)14-9-25-29-17(20(21,22)23)8-15(26-18(14)29)12-4-6-13(31-3)7-5-12/h4-10H,1-3H3,(H,27,30). The number of rotatable bonds is 4. The van der Waals surface area contributed by atoms with Gasteiger partial charge >= 0.3 is 6.18 Å². The van der Waals surface area contributed by atoms with Gasteiger partial charge < -0.3 is 10.1 Å². The molecule has 3 heterocycles. The fourth-order valence-electron chi connectivity index (χ4n) is 3.05.